The van der Waals surface area contributed by atoms with E-state index in [4.69, 9.17) is 18.0 Å². The lowest BCUT2D eigenvalue weighted by Gasteiger charge is -2.30. The third-order valence-electron chi connectivity index (χ3n) is 3.62. The maximum absolute atomic E-state index is 5.49. The standard InChI is InChI=1S/C12H26O4Si/c1-10(8-12-9-16-12)6-7-11(2)17(13-3,14-4)15-5/h10-12H,6-9H2,1-5H3. The minimum Gasteiger partial charge on any atom is -0.377 e. The van der Waals surface area contributed by atoms with Crippen LogP contribution in [0.2, 0.25) is 5.54 Å². The molecule has 0 saturated carbocycles. The van der Waals surface area contributed by atoms with Crippen LogP contribution in [-0.4, -0.2) is 42.8 Å². The predicted molar refractivity (Wildman–Crippen MR) is 69.0 cm³/mol. The molecule has 0 aliphatic carbocycles. The maximum Gasteiger partial charge on any atom is 0.503 e. The summed E-state index contributed by atoms with van der Waals surface area (Å²) in [7, 11) is 2.59. The van der Waals surface area contributed by atoms with E-state index in [9.17, 15) is 0 Å². The molecule has 1 aliphatic heterocycles. The lowest BCUT2D eigenvalue weighted by molar-refractivity contribution is 0.111. The molecule has 1 saturated heterocycles. The van der Waals surface area contributed by atoms with Crippen molar-refractivity contribution in [1.82, 2.24) is 0 Å². The molecular formula is C12H26O4Si. The second kappa shape index (κ2) is 6.85. The summed E-state index contributed by atoms with van der Waals surface area (Å²) in [6, 6.07) is 0. The molecule has 3 atom stereocenters. The lowest BCUT2D eigenvalue weighted by Crippen LogP contribution is -2.46. The van der Waals surface area contributed by atoms with Crippen LogP contribution in [-0.2, 0) is 18.0 Å². The summed E-state index contributed by atoms with van der Waals surface area (Å²) < 4.78 is 21.7. The number of hydrogen-bond acceptors (Lipinski definition) is 4. The molecule has 102 valence electrons. The number of epoxide rings is 1. The molecule has 3 unspecified atom stereocenters. The fraction of sp³-hybridized carbons (Fsp3) is 1.00. The molecule has 4 nitrogen and oxygen atoms in total. The van der Waals surface area contributed by atoms with Crippen molar-refractivity contribution in [2.75, 3.05) is 27.9 Å². The predicted octanol–water partition coefficient (Wildman–Crippen LogP) is 2.46. The first-order chi connectivity index (χ1) is 8.07. The van der Waals surface area contributed by atoms with Gasteiger partial charge in [-0.25, -0.2) is 0 Å². The van der Waals surface area contributed by atoms with Crippen molar-refractivity contribution in [3.05, 3.63) is 0 Å². The van der Waals surface area contributed by atoms with E-state index in [2.05, 4.69) is 13.8 Å². The molecular weight excluding hydrogens is 236 g/mol. The zero-order valence-electron chi connectivity index (χ0n) is 11.7. The van der Waals surface area contributed by atoms with E-state index in [1.54, 1.807) is 21.3 Å². The van der Waals surface area contributed by atoms with Crippen LogP contribution in [0.1, 0.15) is 33.1 Å². The monoisotopic (exact) mass is 262 g/mol. The summed E-state index contributed by atoms with van der Waals surface area (Å²) in [6.07, 6.45) is 3.95. The summed E-state index contributed by atoms with van der Waals surface area (Å²) in [5.74, 6) is 0.696. The Hall–Kier alpha value is 0.0569. The fourth-order valence-electron chi connectivity index (χ4n) is 2.34. The summed E-state index contributed by atoms with van der Waals surface area (Å²) in [6.45, 7) is 5.39. The molecule has 0 bridgehead atoms. The van der Waals surface area contributed by atoms with E-state index >= 15 is 0 Å². The van der Waals surface area contributed by atoms with Crippen LogP contribution in [0.4, 0.5) is 0 Å². The van der Waals surface area contributed by atoms with Crippen LogP contribution < -0.4 is 0 Å². The molecule has 0 radical (unpaired) electrons. The molecule has 5 heteroatoms. The molecule has 0 aromatic carbocycles. The van der Waals surface area contributed by atoms with Crippen molar-refractivity contribution >= 4 is 8.80 Å². The second-order valence-corrected chi connectivity index (χ2v) is 8.41. The Labute approximate surface area is 106 Å². The van der Waals surface area contributed by atoms with E-state index < -0.39 is 8.80 Å². The lowest BCUT2D eigenvalue weighted by atomic mass is 9.99. The van der Waals surface area contributed by atoms with Crippen LogP contribution in [0.3, 0.4) is 0 Å². The molecule has 0 N–H and O–H groups in total. The van der Waals surface area contributed by atoms with Crippen molar-refractivity contribution in [2.24, 2.45) is 5.92 Å². The topological polar surface area (TPSA) is 40.2 Å². The van der Waals surface area contributed by atoms with Crippen LogP contribution in [0.15, 0.2) is 0 Å². The Morgan fingerprint density at radius 3 is 2.06 bits per heavy atom. The van der Waals surface area contributed by atoms with E-state index in [0.29, 0.717) is 17.6 Å². The second-order valence-electron chi connectivity index (χ2n) is 4.99. The highest BCUT2D eigenvalue weighted by atomic mass is 28.4. The molecule has 0 spiro atoms. The minimum absolute atomic E-state index is 0.338. The Kier molecular flexibility index (Phi) is 6.09. The Morgan fingerprint density at radius 2 is 1.65 bits per heavy atom. The van der Waals surface area contributed by atoms with Crippen molar-refractivity contribution in [3.8, 4) is 0 Å². The van der Waals surface area contributed by atoms with Crippen LogP contribution in [0.5, 0.6) is 0 Å². The van der Waals surface area contributed by atoms with Gasteiger partial charge >= 0.3 is 8.80 Å². The molecule has 1 fully saturated rings. The van der Waals surface area contributed by atoms with Crippen molar-refractivity contribution in [2.45, 2.75) is 44.8 Å². The van der Waals surface area contributed by atoms with Gasteiger partial charge in [-0.2, -0.15) is 0 Å². The highest BCUT2D eigenvalue weighted by molar-refractivity contribution is 6.62. The number of ether oxygens (including phenoxy) is 1. The first-order valence-electron chi connectivity index (χ1n) is 6.35. The minimum atomic E-state index is -2.44. The van der Waals surface area contributed by atoms with Crippen LogP contribution in [0.25, 0.3) is 0 Å². The highest BCUT2D eigenvalue weighted by Crippen LogP contribution is 2.31. The van der Waals surface area contributed by atoms with Gasteiger partial charge in [0.05, 0.1) is 12.7 Å². The van der Waals surface area contributed by atoms with Gasteiger partial charge in [-0.3, -0.25) is 0 Å². The summed E-state index contributed by atoms with van der Waals surface area (Å²) >= 11 is 0. The Morgan fingerprint density at radius 1 is 1.12 bits per heavy atom. The molecule has 1 rings (SSSR count). The number of hydrogen-bond donors (Lipinski definition) is 0. The van der Waals surface area contributed by atoms with Gasteiger partial charge in [0.15, 0.2) is 0 Å². The third-order valence-corrected chi connectivity index (χ3v) is 6.82. The Bertz CT molecular complexity index is 208. The first-order valence-corrected chi connectivity index (χ1v) is 8.15. The van der Waals surface area contributed by atoms with Crippen molar-refractivity contribution in [3.63, 3.8) is 0 Å². The zero-order valence-corrected chi connectivity index (χ0v) is 12.7. The molecule has 1 aliphatic rings. The van der Waals surface area contributed by atoms with Gasteiger partial charge in [0, 0.05) is 26.9 Å². The number of rotatable bonds is 9. The highest BCUT2D eigenvalue weighted by Gasteiger charge is 2.44. The molecule has 0 aromatic heterocycles. The average Bonchev–Trinajstić information content (AvgIpc) is 3.13. The van der Waals surface area contributed by atoms with E-state index in [1.165, 1.54) is 12.8 Å². The average molecular weight is 262 g/mol. The quantitative estimate of drug-likeness (QED) is 0.473. The molecule has 0 aromatic rings. The molecule has 1 heterocycles. The SMILES string of the molecule is CO[Si](OC)(OC)C(C)CCC(C)CC1CO1. The zero-order chi connectivity index (χ0) is 12.9. The fourth-order valence-corrected chi connectivity index (χ4v) is 4.56. The molecule has 0 amide bonds. The normalized spacial score (nSPS) is 23.5. The third kappa shape index (κ3) is 4.33. The van der Waals surface area contributed by atoms with Gasteiger partial charge in [0.2, 0.25) is 0 Å². The first kappa shape index (κ1) is 15.1. The smallest absolute Gasteiger partial charge is 0.377 e. The van der Waals surface area contributed by atoms with Gasteiger partial charge in [-0.1, -0.05) is 20.3 Å². The van der Waals surface area contributed by atoms with Crippen molar-refractivity contribution < 1.29 is 18.0 Å². The van der Waals surface area contributed by atoms with Gasteiger partial charge < -0.3 is 18.0 Å². The maximum atomic E-state index is 5.49. The summed E-state index contributed by atoms with van der Waals surface area (Å²) in [4.78, 5) is 0. The van der Waals surface area contributed by atoms with E-state index in [0.717, 1.165) is 13.0 Å². The van der Waals surface area contributed by atoms with Gasteiger partial charge in [-0.15, -0.1) is 0 Å². The summed E-state index contributed by atoms with van der Waals surface area (Å²) in [5.41, 5.74) is 0.338. The Balaban J connectivity index is 2.32. The van der Waals surface area contributed by atoms with Gasteiger partial charge in [-0.05, 0) is 18.8 Å². The van der Waals surface area contributed by atoms with Gasteiger partial charge in [0.25, 0.3) is 0 Å². The van der Waals surface area contributed by atoms with Crippen molar-refractivity contribution in [1.29, 1.82) is 0 Å². The molecule has 17 heavy (non-hydrogen) atoms. The van der Waals surface area contributed by atoms with Gasteiger partial charge in [0.1, 0.15) is 0 Å². The van der Waals surface area contributed by atoms with E-state index in [-0.39, 0.29) is 0 Å². The van der Waals surface area contributed by atoms with E-state index in [1.807, 2.05) is 0 Å². The van der Waals surface area contributed by atoms with Crippen LogP contribution in [0, 0.1) is 5.92 Å². The largest absolute Gasteiger partial charge is 0.503 e. The van der Waals surface area contributed by atoms with Crippen LogP contribution >= 0.6 is 0 Å². The summed E-state index contributed by atoms with van der Waals surface area (Å²) in [5, 5.41) is 0.